The van der Waals surface area contributed by atoms with Gasteiger partial charge in [-0.3, -0.25) is 9.80 Å². The molecule has 0 unspecified atom stereocenters. The molecular formula is C20H32N2O3. The van der Waals surface area contributed by atoms with Crippen LogP contribution in [0.1, 0.15) is 11.1 Å². The standard InChI is InChI=1S/C20H32N2O3/c1-3-11-25-17-20(23)16-22(8-7-21-9-12-24-13-10-21)15-19-6-4-5-18(2)14-19/h3-6,14,20,23H,1,7-13,15-17H2,2H3/t20-/m0/s1. The SMILES string of the molecule is C=CCOC[C@@H](O)CN(CCN1CCOCC1)Cc1cccc(C)c1. The van der Waals surface area contributed by atoms with Gasteiger partial charge in [0.1, 0.15) is 0 Å². The van der Waals surface area contributed by atoms with E-state index in [2.05, 4.69) is 47.6 Å². The zero-order valence-electron chi connectivity index (χ0n) is 15.4. The minimum absolute atomic E-state index is 0.341. The predicted octanol–water partition coefficient (Wildman–Crippen LogP) is 1.69. The fraction of sp³-hybridized carbons (Fsp3) is 0.600. The molecule has 5 heteroatoms. The predicted molar refractivity (Wildman–Crippen MR) is 101 cm³/mol. The summed E-state index contributed by atoms with van der Waals surface area (Å²) in [6, 6.07) is 8.56. The molecule has 5 nitrogen and oxygen atoms in total. The molecule has 0 amide bonds. The highest BCUT2D eigenvalue weighted by Crippen LogP contribution is 2.09. The van der Waals surface area contributed by atoms with Crippen molar-refractivity contribution in [1.29, 1.82) is 0 Å². The second-order valence-corrected chi connectivity index (χ2v) is 6.66. The minimum Gasteiger partial charge on any atom is -0.389 e. The summed E-state index contributed by atoms with van der Waals surface area (Å²) in [5, 5.41) is 10.3. The van der Waals surface area contributed by atoms with Crippen molar-refractivity contribution in [2.45, 2.75) is 19.6 Å². The molecule has 1 aromatic carbocycles. The third-order valence-corrected chi connectivity index (χ3v) is 4.34. The molecule has 0 spiro atoms. The van der Waals surface area contributed by atoms with Crippen LogP contribution < -0.4 is 0 Å². The van der Waals surface area contributed by atoms with Gasteiger partial charge in [-0.2, -0.15) is 0 Å². The van der Waals surface area contributed by atoms with E-state index < -0.39 is 6.10 Å². The molecule has 1 fully saturated rings. The van der Waals surface area contributed by atoms with E-state index in [1.165, 1.54) is 11.1 Å². The Labute approximate surface area is 151 Å². The average Bonchev–Trinajstić information content (AvgIpc) is 2.61. The van der Waals surface area contributed by atoms with Crippen molar-refractivity contribution < 1.29 is 14.6 Å². The van der Waals surface area contributed by atoms with Gasteiger partial charge in [0, 0.05) is 39.3 Å². The quantitative estimate of drug-likeness (QED) is 0.487. The van der Waals surface area contributed by atoms with E-state index in [1.54, 1.807) is 6.08 Å². The van der Waals surface area contributed by atoms with E-state index in [0.29, 0.717) is 19.8 Å². The van der Waals surface area contributed by atoms with Gasteiger partial charge in [0.25, 0.3) is 0 Å². The molecule has 0 saturated carbocycles. The first-order valence-electron chi connectivity index (χ1n) is 9.12. The Morgan fingerprint density at radius 1 is 1.40 bits per heavy atom. The van der Waals surface area contributed by atoms with Crippen molar-refractivity contribution in [1.82, 2.24) is 9.80 Å². The average molecular weight is 348 g/mol. The number of benzene rings is 1. The van der Waals surface area contributed by atoms with E-state index in [1.807, 2.05) is 0 Å². The second-order valence-electron chi connectivity index (χ2n) is 6.66. The Morgan fingerprint density at radius 2 is 2.20 bits per heavy atom. The highest BCUT2D eigenvalue weighted by Gasteiger charge is 2.16. The monoisotopic (exact) mass is 348 g/mol. The Hall–Kier alpha value is -1.24. The maximum atomic E-state index is 10.3. The summed E-state index contributed by atoms with van der Waals surface area (Å²) in [5.74, 6) is 0. The van der Waals surface area contributed by atoms with Gasteiger partial charge >= 0.3 is 0 Å². The van der Waals surface area contributed by atoms with E-state index in [0.717, 1.165) is 45.9 Å². The van der Waals surface area contributed by atoms with E-state index in [9.17, 15) is 5.11 Å². The van der Waals surface area contributed by atoms with Crippen molar-refractivity contribution >= 4 is 0 Å². The third kappa shape index (κ3) is 8.12. The molecule has 1 aliphatic rings. The number of nitrogens with zero attached hydrogens (tertiary/aromatic N) is 2. The zero-order valence-corrected chi connectivity index (χ0v) is 15.4. The number of aliphatic hydroxyl groups excluding tert-OH is 1. The number of hydrogen-bond donors (Lipinski definition) is 1. The van der Waals surface area contributed by atoms with Crippen molar-refractivity contribution in [2.75, 3.05) is 59.2 Å². The number of hydrogen-bond acceptors (Lipinski definition) is 5. The summed E-state index contributed by atoms with van der Waals surface area (Å²) in [5.41, 5.74) is 2.54. The van der Waals surface area contributed by atoms with Crippen LogP contribution in [0.25, 0.3) is 0 Å². The number of rotatable bonds is 11. The molecule has 0 aliphatic carbocycles. The van der Waals surface area contributed by atoms with Crippen LogP contribution in [0.3, 0.4) is 0 Å². The highest BCUT2D eigenvalue weighted by molar-refractivity contribution is 5.22. The first kappa shape index (κ1) is 20.1. The van der Waals surface area contributed by atoms with Crippen LogP contribution in [0.2, 0.25) is 0 Å². The maximum absolute atomic E-state index is 10.3. The lowest BCUT2D eigenvalue weighted by Crippen LogP contribution is -2.43. The summed E-state index contributed by atoms with van der Waals surface area (Å²) >= 11 is 0. The molecule has 1 aliphatic heterocycles. The minimum atomic E-state index is -0.491. The molecule has 25 heavy (non-hydrogen) atoms. The fourth-order valence-corrected chi connectivity index (χ4v) is 3.05. The molecule has 1 N–H and O–H groups in total. The van der Waals surface area contributed by atoms with Gasteiger partial charge in [-0.05, 0) is 12.5 Å². The Morgan fingerprint density at radius 3 is 2.92 bits per heavy atom. The molecule has 0 aromatic heterocycles. The zero-order chi connectivity index (χ0) is 17.9. The summed E-state index contributed by atoms with van der Waals surface area (Å²) in [4.78, 5) is 4.74. The van der Waals surface area contributed by atoms with E-state index in [-0.39, 0.29) is 0 Å². The van der Waals surface area contributed by atoms with Crippen LogP contribution in [0.4, 0.5) is 0 Å². The summed E-state index contributed by atoms with van der Waals surface area (Å²) in [6.07, 6.45) is 1.21. The largest absolute Gasteiger partial charge is 0.389 e. The Bertz CT molecular complexity index is 503. The van der Waals surface area contributed by atoms with Gasteiger partial charge in [0.2, 0.25) is 0 Å². The lowest BCUT2D eigenvalue weighted by molar-refractivity contribution is 0.0128. The number of morpholine rings is 1. The fourth-order valence-electron chi connectivity index (χ4n) is 3.05. The number of aryl methyl sites for hydroxylation is 1. The van der Waals surface area contributed by atoms with E-state index >= 15 is 0 Å². The van der Waals surface area contributed by atoms with Crippen LogP contribution in [-0.4, -0.2) is 80.2 Å². The smallest absolute Gasteiger partial charge is 0.0900 e. The molecule has 0 bridgehead atoms. The first-order valence-corrected chi connectivity index (χ1v) is 9.12. The van der Waals surface area contributed by atoms with Crippen molar-refractivity contribution in [3.63, 3.8) is 0 Å². The number of ether oxygens (including phenoxy) is 2. The Balaban J connectivity index is 1.88. The lowest BCUT2D eigenvalue weighted by atomic mass is 10.1. The molecule has 1 aromatic rings. The van der Waals surface area contributed by atoms with Gasteiger partial charge in [-0.15, -0.1) is 6.58 Å². The highest BCUT2D eigenvalue weighted by atomic mass is 16.5. The van der Waals surface area contributed by atoms with Gasteiger partial charge in [0.05, 0.1) is 32.5 Å². The maximum Gasteiger partial charge on any atom is 0.0900 e. The van der Waals surface area contributed by atoms with Crippen molar-refractivity contribution in [2.24, 2.45) is 0 Å². The lowest BCUT2D eigenvalue weighted by Gasteiger charge is -2.31. The first-order chi connectivity index (χ1) is 12.2. The summed E-state index contributed by atoms with van der Waals surface area (Å²) in [7, 11) is 0. The van der Waals surface area contributed by atoms with Crippen LogP contribution in [0.5, 0.6) is 0 Å². The molecule has 140 valence electrons. The van der Waals surface area contributed by atoms with Crippen LogP contribution in [0.15, 0.2) is 36.9 Å². The van der Waals surface area contributed by atoms with Crippen LogP contribution in [-0.2, 0) is 16.0 Å². The van der Waals surface area contributed by atoms with Gasteiger partial charge < -0.3 is 14.6 Å². The molecule has 1 atom stereocenters. The molecule has 2 rings (SSSR count). The van der Waals surface area contributed by atoms with Gasteiger partial charge in [0.15, 0.2) is 0 Å². The Kier molecular flexibility index (Phi) is 9.15. The van der Waals surface area contributed by atoms with Crippen LogP contribution in [0, 0.1) is 6.92 Å². The molecular weight excluding hydrogens is 316 g/mol. The topological polar surface area (TPSA) is 45.2 Å². The van der Waals surface area contributed by atoms with Gasteiger partial charge in [-0.25, -0.2) is 0 Å². The summed E-state index contributed by atoms with van der Waals surface area (Å²) in [6.45, 7) is 13.5. The second kappa shape index (κ2) is 11.4. The van der Waals surface area contributed by atoms with Crippen LogP contribution >= 0.6 is 0 Å². The number of aliphatic hydroxyl groups is 1. The van der Waals surface area contributed by atoms with Crippen molar-refractivity contribution in [3.05, 3.63) is 48.0 Å². The summed E-state index contributed by atoms with van der Waals surface area (Å²) < 4.78 is 10.8. The molecule has 1 saturated heterocycles. The molecule has 1 heterocycles. The van der Waals surface area contributed by atoms with Gasteiger partial charge in [-0.1, -0.05) is 35.9 Å². The van der Waals surface area contributed by atoms with E-state index in [4.69, 9.17) is 9.47 Å². The molecule has 0 radical (unpaired) electrons. The van der Waals surface area contributed by atoms with Crippen molar-refractivity contribution in [3.8, 4) is 0 Å². The normalized spacial score (nSPS) is 16.9. The third-order valence-electron chi connectivity index (χ3n) is 4.34.